The van der Waals surface area contributed by atoms with Gasteiger partial charge >= 0.3 is 5.97 Å². The normalized spacial score (nSPS) is 13.1. The molecule has 0 aliphatic heterocycles. The molecule has 29 heavy (non-hydrogen) atoms. The third-order valence-corrected chi connectivity index (χ3v) is 5.50. The van der Waals surface area contributed by atoms with Gasteiger partial charge in [-0.1, -0.05) is 77.2 Å². The van der Waals surface area contributed by atoms with E-state index < -0.39 is 5.97 Å². The van der Waals surface area contributed by atoms with Crippen LogP contribution in [-0.2, 0) is 23.7 Å². The van der Waals surface area contributed by atoms with Crippen LogP contribution in [-0.4, -0.2) is 39.9 Å². The van der Waals surface area contributed by atoms with Crippen molar-refractivity contribution >= 4 is 5.97 Å². The summed E-state index contributed by atoms with van der Waals surface area (Å²) in [6, 6.07) is 0. The number of hydrogen-bond donors (Lipinski definition) is 0. The molecule has 0 amide bonds. The summed E-state index contributed by atoms with van der Waals surface area (Å²) in [4.78, 5) is 11.2. The van der Waals surface area contributed by atoms with Crippen LogP contribution in [0.3, 0.4) is 0 Å². The van der Waals surface area contributed by atoms with E-state index in [0.29, 0.717) is 6.61 Å². The van der Waals surface area contributed by atoms with E-state index in [1.165, 1.54) is 44.6 Å². The van der Waals surface area contributed by atoms with Crippen molar-refractivity contribution in [2.45, 2.75) is 103 Å². The number of methoxy groups -OCH3 is 3. The number of carbonyl (C=O) groups excluding carboxylic acids is 1. The zero-order valence-electron chi connectivity index (χ0n) is 19.7. The first kappa shape index (κ1) is 28.1. The number of unbranched alkanes of at least 4 members (excludes halogenated alkanes) is 9. The first-order valence-electron chi connectivity index (χ1n) is 11.5. The Morgan fingerprint density at radius 1 is 0.793 bits per heavy atom. The summed E-state index contributed by atoms with van der Waals surface area (Å²) >= 11 is 0. The number of ether oxygens (including phenoxy) is 4. The van der Waals surface area contributed by atoms with Gasteiger partial charge in [0.15, 0.2) is 0 Å². The summed E-state index contributed by atoms with van der Waals surface area (Å²) in [6.07, 6.45) is 18.3. The second-order valence-electron chi connectivity index (χ2n) is 7.69. The summed E-state index contributed by atoms with van der Waals surface area (Å²) in [6.45, 7) is 4.56. The second-order valence-corrected chi connectivity index (χ2v) is 7.69. The minimum absolute atomic E-state index is 0.232. The molecule has 0 N–H and O–H groups in total. The fourth-order valence-corrected chi connectivity index (χ4v) is 3.80. The fourth-order valence-electron chi connectivity index (χ4n) is 3.80. The molecule has 0 aliphatic rings. The predicted molar refractivity (Wildman–Crippen MR) is 119 cm³/mol. The molecular weight excluding hydrogens is 368 g/mol. The van der Waals surface area contributed by atoms with Crippen LogP contribution < -0.4 is 0 Å². The number of hydrogen-bond acceptors (Lipinski definition) is 5. The third-order valence-electron chi connectivity index (χ3n) is 5.50. The van der Waals surface area contributed by atoms with E-state index in [0.717, 1.165) is 44.9 Å². The van der Waals surface area contributed by atoms with E-state index in [-0.39, 0.29) is 11.9 Å². The molecule has 0 fully saturated rings. The van der Waals surface area contributed by atoms with Gasteiger partial charge in [-0.25, -0.2) is 4.79 Å². The molecule has 0 saturated heterocycles. The molecule has 1 atom stereocenters. The lowest BCUT2D eigenvalue weighted by Crippen LogP contribution is -2.44. The minimum atomic E-state index is -0.940. The van der Waals surface area contributed by atoms with Crippen molar-refractivity contribution in [3.8, 4) is 0 Å². The lowest BCUT2D eigenvalue weighted by molar-refractivity contribution is -0.380. The van der Waals surface area contributed by atoms with Crippen LogP contribution in [0.25, 0.3) is 0 Å². The highest BCUT2D eigenvalue weighted by molar-refractivity contribution is 5.81. The average Bonchev–Trinajstić information content (AvgIpc) is 2.73. The van der Waals surface area contributed by atoms with Gasteiger partial charge in [0, 0.05) is 33.3 Å². The second kappa shape index (κ2) is 19.1. The maximum Gasteiger partial charge on any atom is 0.330 e. The van der Waals surface area contributed by atoms with E-state index in [4.69, 9.17) is 18.9 Å². The number of esters is 1. The molecule has 0 aromatic carbocycles. The van der Waals surface area contributed by atoms with Crippen molar-refractivity contribution in [2.24, 2.45) is 5.92 Å². The van der Waals surface area contributed by atoms with Crippen LogP contribution in [0.2, 0.25) is 0 Å². The van der Waals surface area contributed by atoms with Gasteiger partial charge in [0.05, 0.1) is 6.61 Å². The monoisotopic (exact) mass is 414 g/mol. The van der Waals surface area contributed by atoms with Crippen LogP contribution in [0, 0.1) is 5.92 Å². The third kappa shape index (κ3) is 13.1. The maximum atomic E-state index is 11.2. The first-order valence-corrected chi connectivity index (χ1v) is 11.5. The van der Waals surface area contributed by atoms with Gasteiger partial charge in [0.25, 0.3) is 5.97 Å². The molecule has 0 aromatic heterocycles. The molecular formula is C24H46O5. The summed E-state index contributed by atoms with van der Waals surface area (Å²) in [5, 5.41) is 0. The zero-order valence-corrected chi connectivity index (χ0v) is 19.7. The van der Waals surface area contributed by atoms with Gasteiger partial charge in [-0.05, 0) is 26.2 Å². The molecule has 5 heteroatoms. The Balaban J connectivity index is 4.18. The SMILES string of the molecule is CC=CC(=O)OCCCCCCCC(CCCCCCCC)C(OC)(OC)OC. The van der Waals surface area contributed by atoms with Crippen molar-refractivity contribution in [3.05, 3.63) is 12.2 Å². The number of rotatable bonds is 20. The Morgan fingerprint density at radius 3 is 1.76 bits per heavy atom. The molecule has 0 rings (SSSR count). The van der Waals surface area contributed by atoms with Gasteiger partial charge < -0.3 is 18.9 Å². The fraction of sp³-hybridized carbons (Fsp3) is 0.875. The van der Waals surface area contributed by atoms with Crippen molar-refractivity contribution in [1.82, 2.24) is 0 Å². The van der Waals surface area contributed by atoms with E-state index in [1.54, 1.807) is 27.4 Å². The molecule has 5 nitrogen and oxygen atoms in total. The smallest absolute Gasteiger partial charge is 0.330 e. The summed E-state index contributed by atoms with van der Waals surface area (Å²) in [5.41, 5.74) is 0. The zero-order chi connectivity index (χ0) is 21.8. The Morgan fingerprint density at radius 2 is 1.28 bits per heavy atom. The summed E-state index contributed by atoms with van der Waals surface area (Å²) < 4.78 is 22.1. The summed E-state index contributed by atoms with van der Waals surface area (Å²) in [7, 11) is 4.99. The molecule has 0 bridgehead atoms. The van der Waals surface area contributed by atoms with Gasteiger partial charge in [-0.3, -0.25) is 0 Å². The van der Waals surface area contributed by atoms with Crippen LogP contribution >= 0.6 is 0 Å². The van der Waals surface area contributed by atoms with Crippen molar-refractivity contribution in [1.29, 1.82) is 0 Å². The molecule has 172 valence electrons. The van der Waals surface area contributed by atoms with E-state index >= 15 is 0 Å². The molecule has 0 heterocycles. The first-order chi connectivity index (χ1) is 14.1. The molecule has 0 saturated carbocycles. The number of allylic oxidation sites excluding steroid dienone is 1. The van der Waals surface area contributed by atoms with Crippen LogP contribution in [0.1, 0.15) is 97.3 Å². The van der Waals surface area contributed by atoms with Crippen molar-refractivity contribution in [2.75, 3.05) is 27.9 Å². The van der Waals surface area contributed by atoms with Gasteiger partial charge in [0.1, 0.15) is 0 Å². The lowest BCUT2D eigenvalue weighted by atomic mass is 9.91. The Kier molecular flexibility index (Phi) is 18.5. The largest absolute Gasteiger partial charge is 0.463 e. The molecule has 0 aromatic rings. The van der Waals surface area contributed by atoms with Gasteiger partial charge in [-0.2, -0.15) is 0 Å². The van der Waals surface area contributed by atoms with Gasteiger partial charge in [-0.15, -0.1) is 0 Å². The minimum Gasteiger partial charge on any atom is -0.463 e. The van der Waals surface area contributed by atoms with E-state index in [2.05, 4.69) is 6.92 Å². The van der Waals surface area contributed by atoms with Gasteiger partial charge in [0.2, 0.25) is 0 Å². The van der Waals surface area contributed by atoms with Crippen LogP contribution in [0.15, 0.2) is 12.2 Å². The quantitative estimate of drug-likeness (QED) is 0.0997. The lowest BCUT2D eigenvalue weighted by Gasteiger charge is -2.36. The average molecular weight is 415 g/mol. The molecule has 0 spiro atoms. The standard InChI is InChI=1S/C24H46O5/c1-6-8-9-10-12-15-19-22(24(26-3,27-4)28-5)20-16-13-11-14-17-21-29-23(25)18-7-2/h7,18,22H,6,8-17,19-21H2,1-5H3. The topological polar surface area (TPSA) is 54.0 Å². The predicted octanol–water partition coefficient (Wildman–Crippen LogP) is 6.41. The van der Waals surface area contributed by atoms with Crippen molar-refractivity contribution < 1.29 is 23.7 Å². The Bertz CT molecular complexity index is 396. The van der Waals surface area contributed by atoms with Crippen molar-refractivity contribution in [3.63, 3.8) is 0 Å². The van der Waals surface area contributed by atoms with Crippen LogP contribution in [0.4, 0.5) is 0 Å². The molecule has 0 radical (unpaired) electrons. The summed E-state index contributed by atoms with van der Waals surface area (Å²) in [5.74, 6) is -0.958. The van der Waals surface area contributed by atoms with Crippen LogP contribution in [0.5, 0.6) is 0 Å². The van der Waals surface area contributed by atoms with E-state index in [1.807, 2.05) is 6.92 Å². The van der Waals surface area contributed by atoms with E-state index in [9.17, 15) is 4.79 Å². The Labute approximate surface area is 179 Å². The highest BCUT2D eigenvalue weighted by Gasteiger charge is 2.39. The Hall–Kier alpha value is -0.910. The molecule has 0 aliphatic carbocycles. The maximum absolute atomic E-state index is 11.2. The highest BCUT2D eigenvalue weighted by Crippen LogP contribution is 2.33. The number of carbonyl (C=O) groups is 1. The molecule has 1 unspecified atom stereocenters. The highest BCUT2D eigenvalue weighted by atomic mass is 16.9.